The first-order chi connectivity index (χ1) is 11.0. The van der Waals surface area contributed by atoms with E-state index >= 15 is 0 Å². The summed E-state index contributed by atoms with van der Waals surface area (Å²) >= 11 is 7.25. The van der Waals surface area contributed by atoms with E-state index in [1.807, 2.05) is 38.1 Å². The monoisotopic (exact) mass is 346 g/mol. The normalized spacial score (nSPS) is 12.3. The van der Waals surface area contributed by atoms with Crippen molar-refractivity contribution >= 4 is 46.1 Å². The van der Waals surface area contributed by atoms with Gasteiger partial charge in [-0.05, 0) is 32.0 Å². The quantitative estimate of drug-likeness (QED) is 0.699. The Morgan fingerprint density at radius 1 is 1.35 bits per heavy atom. The van der Waals surface area contributed by atoms with Crippen molar-refractivity contribution in [2.45, 2.75) is 24.3 Å². The number of hydrogen-bond donors (Lipinski definition) is 2. The highest BCUT2D eigenvalue weighted by Crippen LogP contribution is 2.24. The van der Waals surface area contributed by atoms with Crippen LogP contribution in [0.5, 0.6) is 0 Å². The van der Waals surface area contributed by atoms with Crippen molar-refractivity contribution < 1.29 is 4.79 Å². The summed E-state index contributed by atoms with van der Waals surface area (Å²) in [6.07, 6.45) is 1.55. The lowest BCUT2D eigenvalue weighted by molar-refractivity contribution is -0.115. The maximum Gasteiger partial charge on any atom is 0.237 e. The second-order valence-corrected chi connectivity index (χ2v) is 6.95. The molecular weight excluding hydrogens is 332 g/mol. The molecule has 3 rings (SSSR count). The lowest BCUT2D eigenvalue weighted by atomic mass is 10.2. The van der Waals surface area contributed by atoms with E-state index in [0.717, 1.165) is 16.8 Å². The molecule has 0 saturated carbocycles. The molecule has 2 N–H and O–H groups in total. The number of thioether (sulfide) groups is 1. The molecule has 1 atom stereocenters. The van der Waals surface area contributed by atoms with Gasteiger partial charge in [0.2, 0.25) is 5.91 Å². The van der Waals surface area contributed by atoms with Gasteiger partial charge in [-0.2, -0.15) is 0 Å². The average Bonchev–Trinajstić information content (AvgIpc) is 2.90. The highest BCUT2D eigenvalue weighted by Gasteiger charge is 2.17. The van der Waals surface area contributed by atoms with Gasteiger partial charge in [-0.3, -0.25) is 4.79 Å². The van der Waals surface area contributed by atoms with Crippen molar-refractivity contribution in [3.8, 4) is 0 Å². The number of nitrogens with one attached hydrogen (secondary N) is 2. The van der Waals surface area contributed by atoms with Crippen LogP contribution >= 0.6 is 23.4 Å². The lowest BCUT2D eigenvalue weighted by Gasteiger charge is -2.10. The number of fused-ring (bicyclic) bond motifs is 1. The third-order valence-electron chi connectivity index (χ3n) is 3.26. The summed E-state index contributed by atoms with van der Waals surface area (Å²) in [5, 5.41) is 3.78. The van der Waals surface area contributed by atoms with Crippen molar-refractivity contribution in [3.63, 3.8) is 0 Å². The van der Waals surface area contributed by atoms with E-state index in [1.54, 1.807) is 12.3 Å². The third-order valence-corrected chi connectivity index (χ3v) is 4.45. The maximum absolute atomic E-state index is 12.3. The van der Waals surface area contributed by atoms with Gasteiger partial charge in [-0.15, -0.1) is 0 Å². The zero-order chi connectivity index (χ0) is 16.4. The van der Waals surface area contributed by atoms with E-state index in [0.29, 0.717) is 15.8 Å². The second-order valence-electron chi connectivity index (χ2n) is 5.18. The first-order valence-corrected chi connectivity index (χ1v) is 8.32. The minimum atomic E-state index is -0.299. The second kappa shape index (κ2) is 6.60. The molecule has 5 nitrogen and oxygen atoms in total. The molecule has 0 aliphatic carbocycles. The SMILES string of the molecule is Cc1ccc(NC(=O)[C@@H](C)Sc2nc3ncc(Cl)cc3[nH]2)cc1. The number of carbonyl (C=O) groups excluding carboxylic acids is 1. The molecule has 0 aliphatic heterocycles. The molecule has 3 aromatic rings. The Balaban J connectivity index is 1.68. The van der Waals surface area contributed by atoms with Crippen LogP contribution in [0.3, 0.4) is 0 Å². The molecule has 0 fully saturated rings. The number of nitrogens with zero attached hydrogens (tertiary/aromatic N) is 2. The highest BCUT2D eigenvalue weighted by molar-refractivity contribution is 8.00. The van der Waals surface area contributed by atoms with Crippen LogP contribution < -0.4 is 5.32 Å². The number of anilines is 1. The van der Waals surface area contributed by atoms with Crippen LogP contribution in [0, 0.1) is 6.92 Å². The van der Waals surface area contributed by atoms with Gasteiger partial charge in [0.15, 0.2) is 10.8 Å². The van der Waals surface area contributed by atoms with E-state index in [9.17, 15) is 4.79 Å². The molecule has 2 heterocycles. The van der Waals surface area contributed by atoms with Gasteiger partial charge in [0.05, 0.1) is 15.8 Å². The Morgan fingerprint density at radius 3 is 2.83 bits per heavy atom. The summed E-state index contributed by atoms with van der Waals surface area (Å²) in [4.78, 5) is 23.9. The van der Waals surface area contributed by atoms with Gasteiger partial charge in [-0.1, -0.05) is 41.1 Å². The van der Waals surface area contributed by atoms with E-state index in [1.165, 1.54) is 11.8 Å². The molecule has 118 valence electrons. The summed E-state index contributed by atoms with van der Waals surface area (Å²) in [7, 11) is 0. The Morgan fingerprint density at radius 2 is 2.09 bits per heavy atom. The van der Waals surface area contributed by atoms with Crippen molar-refractivity contribution in [3.05, 3.63) is 47.1 Å². The van der Waals surface area contributed by atoms with Gasteiger partial charge < -0.3 is 10.3 Å². The minimum Gasteiger partial charge on any atom is -0.331 e. The molecule has 0 radical (unpaired) electrons. The summed E-state index contributed by atoms with van der Waals surface area (Å²) in [5.74, 6) is -0.0784. The third kappa shape index (κ3) is 3.83. The molecule has 7 heteroatoms. The lowest BCUT2D eigenvalue weighted by Crippen LogP contribution is -2.22. The fourth-order valence-corrected chi connectivity index (χ4v) is 2.98. The zero-order valence-corrected chi connectivity index (χ0v) is 14.2. The van der Waals surface area contributed by atoms with Gasteiger partial charge in [0.1, 0.15) is 0 Å². The zero-order valence-electron chi connectivity index (χ0n) is 12.6. The van der Waals surface area contributed by atoms with Crippen LogP contribution in [0.15, 0.2) is 41.7 Å². The Bertz CT molecular complexity index is 847. The molecule has 0 saturated heterocycles. The number of aryl methyl sites for hydroxylation is 1. The van der Waals surface area contributed by atoms with Gasteiger partial charge >= 0.3 is 0 Å². The molecule has 1 amide bonds. The molecule has 0 bridgehead atoms. The molecule has 0 spiro atoms. The van der Waals surface area contributed by atoms with E-state index in [2.05, 4.69) is 20.3 Å². The van der Waals surface area contributed by atoms with Crippen LogP contribution in [-0.2, 0) is 4.79 Å². The number of H-pyrrole nitrogens is 1. The Kier molecular flexibility index (Phi) is 4.54. The maximum atomic E-state index is 12.3. The minimum absolute atomic E-state index is 0.0784. The summed E-state index contributed by atoms with van der Waals surface area (Å²) in [6, 6.07) is 9.46. The number of aromatic amines is 1. The first kappa shape index (κ1) is 15.8. The van der Waals surface area contributed by atoms with Gasteiger partial charge in [0, 0.05) is 11.9 Å². The van der Waals surface area contributed by atoms with E-state index in [-0.39, 0.29) is 11.2 Å². The molecule has 0 unspecified atom stereocenters. The molecule has 1 aromatic carbocycles. The van der Waals surface area contributed by atoms with Crippen molar-refractivity contribution in [2.24, 2.45) is 0 Å². The predicted molar refractivity (Wildman–Crippen MR) is 94.0 cm³/mol. The summed E-state index contributed by atoms with van der Waals surface area (Å²) < 4.78 is 0. The average molecular weight is 347 g/mol. The summed E-state index contributed by atoms with van der Waals surface area (Å²) in [6.45, 7) is 3.84. The molecule has 23 heavy (non-hydrogen) atoms. The number of halogens is 1. The summed E-state index contributed by atoms with van der Waals surface area (Å²) in [5.41, 5.74) is 3.28. The van der Waals surface area contributed by atoms with Crippen molar-refractivity contribution in [1.29, 1.82) is 0 Å². The number of benzene rings is 1. The largest absolute Gasteiger partial charge is 0.331 e. The van der Waals surface area contributed by atoms with Crippen LogP contribution in [0.4, 0.5) is 5.69 Å². The molecular formula is C16H15ClN4OS. The topological polar surface area (TPSA) is 70.7 Å². The fraction of sp³-hybridized carbons (Fsp3) is 0.188. The number of rotatable bonds is 4. The van der Waals surface area contributed by atoms with Gasteiger partial charge in [-0.25, -0.2) is 9.97 Å². The fourth-order valence-electron chi connectivity index (χ4n) is 2.01. The smallest absolute Gasteiger partial charge is 0.237 e. The number of imidazole rings is 1. The predicted octanol–water partition coefficient (Wildman–Crippen LogP) is 4.04. The number of pyridine rings is 1. The molecule has 0 aliphatic rings. The number of carbonyl (C=O) groups is 1. The van der Waals surface area contributed by atoms with Crippen LogP contribution in [0.1, 0.15) is 12.5 Å². The standard InChI is InChI=1S/C16H15ClN4OS/c1-9-3-5-12(6-4-9)19-15(22)10(2)23-16-20-13-7-11(17)8-18-14(13)21-16/h3-8,10H,1-2H3,(H,19,22)(H,18,20,21)/t10-/m1/s1. The number of amides is 1. The van der Waals surface area contributed by atoms with Crippen LogP contribution in [-0.4, -0.2) is 26.1 Å². The van der Waals surface area contributed by atoms with Crippen molar-refractivity contribution in [2.75, 3.05) is 5.32 Å². The van der Waals surface area contributed by atoms with E-state index < -0.39 is 0 Å². The van der Waals surface area contributed by atoms with Gasteiger partial charge in [0.25, 0.3) is 0 Å². The highest BCUT2D eigenvalue weighted by atomic mass is 35.5. The molecule has 2 aromatic heterocycles. The number of hydrogen-bond acceptors (Lipinski definition) is 4. The Labute approximate surface area is 142 Å². The van der Waals surface area contributed by atoms with Crippen LogP contribution in [0.25, 0.3) is 11.2 Å². The first-order valence-electron chi connectivity index (χ1n) is 7.07. The van der Waals surface area contributed by atoms with Crippen molar-refractivity contribution in [1.82, 2.24) is 15.0 Å². The number of aromatic nitrogens is 3. The van der Waals surface area contributed by atoms with Crippen LogP contribution in [0.2, 0.25) is 5.02 Å². The van der Waals surface area contributed by atoms with E-state index in [4.69, 9.17) is 11.6 Å². The Hall–Kier alpha value is -2.05.